The van der Waals surface area contributed by atoms with Gasteiger partial charge in [-0.2, -0.15) is 0 Å². The third kappa shape index (κ3) is 4.31. The van der Waals surface area contributed by atoms with Gasteiger partial charge in [0.1, 0.15) is 0 Å². The van der Waals surface area contributed by atoms with Crippen LogP contribution in [0, 0.1) is 23.7 Å². The summed E-state index contributed by atoms with van der Waals surface area (Å²) in [7, 11) is -1.10. The fourth-order valence-electron chi connectivity index (χ4n) is 4.63. The van der Waals surface area contributed by atoms with Crippen molar-refractivity contribution in [3.63, 3.8) is 0 Å². The van der Waals surface area contributed by atoms with Crippen LogP contribution in [0.5, 0.6) is 0 Å². The number of allylic oxidation sites excluding steroid dienone is 16. The van der Waals surface area contributed by atoms with Gasteiger partial charge in [0.05, 0.1) is 24.6 Å². The molecular formula is C24H28P+. The van der Waals surface area contributed by atoms with Crippen molar-refractivity contribution in [1.82, 2.24) is 0 Å². The smallest absolute Gasteiger partial charge is 0.0692 e. The van der Waals surface area contributed by atoms with Gasteiger partial charge in [-0.15, -0.1) is 0 Å². The van der Waals surface area contributed by atoms with E-state index in [4.69, 9.17) is 0 Å². The maximum Gasteiger partial charge on any atom is 0.0692 e. The van der Waals surface area contributed by atoms with E-state index < -0.39 is 7.26 Å². The molecule has 0 amide bonds. The third-order valence-electron chi connectivity index (χ3n) is 5.70. The van der Waals surface area contributed by atoms with Gasteiger partial charge in [-0.1, -0.05) is 97.2 Å². The summed E-state index contributed by atoms with van der Waals surface area (Å²) in [6.07, 6.45) is 42.7. The summed E-state index contributed by atoms with van der Waals surface area (Å²) in [4.78, 5) is 0. The molecule has 0 N–H and O–H groups in total. The minimum absolute atomic E-state index is 0.645. The van der Waals surface area contributed by atoms with Crippen LogP contribution in [0.2, 0.25) is 0 Å². The molecule has 0 fully saturated rings. The topological polar surface area (TPSA) is 0 Å². The SMILES string of the molecule is C1=CC(C[P+](CC2C=CC=C2)(CC2C=CC=C2)CC2C=CC=C2)C=C1. The molecule has 0 aromatic carbocycles. The zero-order valence-corrected chi connectivity index (χ0v) is 15.7. The molecule has 0 unspecified atom stereocenters. The monoisotopic (exact) mass is 347 g/mol. The fraction of sp³-hybridized carbons (Fsp3) is 0.333. The van der Waals surface area contributed by atoms with Crippen LogP contribution in [0.3, 0.4) is 0 Å². The van der Waals surface area contributed by atoms with E-state index in [0.717, 1.165) is 0 Å². The van der Waals surface area contributed by atoms with Crippen molar-refractivity contribution in [2.24, 2.45) is 23.7 Å². The predicted molar refractivity (Wildman–Crippen MR) is 113 cm³/mol. The zero-order chi connectivity index (χ0) is 17.0. The van der Waals surface area contributed by atoms with Crippen molar-refractivity contribution in [1.29, 1.82) is 0 Å². The number of rotatable bonds is 8. The molecule has 0 heterocycles. The highest BCUT2D eigenvalue weighted by atomic mass is 31.2. The summed E-state index contributed by atoms with van der Waals surface area (Å²) >= 11 is 0. The molecule has 0 saturated carbocycles. The van der Waals surface area contributed by atoms with Crippen LogP contribution in [0.1, 0.15) is 0 Å². The van der Waals surface area contributed by atoms with E-state index in [9.17, 15) is 0 Å². The predicted octanol–water partition coefficient (Wildman–Crippen LogP) is 5.97. The summed E-state index contributed by atoms with van der Waals surface area (Å²) in [5.74, 6) is 2.58. The molecule has 128 valence electrons. The molecule has 4 rings (SSSR count). The lowest BCUT2D eigenvalue weighted by Gasteiger charge is -2.33. The molecule has 0 atom stereocenters. The first-order chi connectivity index (χ1) is 12.3. The van der Waals surface area contributed by atoms with Gasteiger partial charge >= 0.3 is 0 Å². The van der Waals surface area contributed by atoms with E-state index in [1.165, 1.54) is 24.6 Å². The van der Waals surface area contributed by atoms with Gasteiger partial charge in [0, 0.05) is 30.9 Å². The van der Waals surface area contributed by atoms with Crippen LogP contribution in [0.25, 0.3) is 0 Å². The molecule has 0 spiro atoms. The average molecular weight is 347 g/mol. The molecule has 4 aliphatic carbocycles. The number of hydrogen-bond acceptors (Lipinski definition) is 0. The van der Waals surface area contributed by atoms with E-state index in [1.807, 2.05) is 0 Å². The second-order valence-corrected chi connectivity index (χ2v) is 12.0. The Hall–Kier alpha value is -1.65. The summed E-state index contributed by atoms with van der Waals surface area (Å²) < 4.78 is 0. The molecule has 0 bridgehead atoms. The van der Waals surface area contributed by atoms with Gasteiger partial charge in [0.25, 0.3) is 0 Å². The van der Waals surface area contributed by atoms with Crippen molar-refractivity contribution in [2.75, 3.05) is 24.6 Å². The highest BCUT2D eigenvalue weighted by Gasteiger charge is 2.43. The first kappa shape index (κ1) is 16.8. The van der Waals surface area contributed by atoms with Crippen LogP contribution in [0.4, 0.5) is 0 Å². The fourth-order valence-corrected chi connectivity index (χ4v) is 10.1. The lowest BCUT2D eigenvalue weighted by Crippen LogP contribution is -2.24. The Morgan fingerprint density at radius 3 is 0.760 bits per heavy atom. The molecule has 0 radical (unpaired) electrons. The molecule has 4 aliphatic rings. The van der Waals surface area contributed by atoms with E-state index >= 15 is 0 Å². The molecule has 25 heavy (non-hydrogen) atoms. The molecule has 0 aliphatic heterocycles. The van der Waals surface area contributed by atoms with Crippen molar-refractivity contribution in [3.05, 3.63) is 97.2 Å². The van der Waals surface area contributed by atoms with Crippen molar-refractivity contribution in [2.45, 2.75) is 0 Å². The second kappa shape index (κ2) is 7.71. The minimum atomic E-state index is -1.10. The van der Waals surface area contributed by atoms with Crippen LogP contribution >= 0.6 is 7.26 Å². The molecule has 0 nitrogen and oxygen atoms in total. The highest BCUT2D eigenvalue weighted by molar-refractivity contribution is 7.76. The van der Waals surface area contributed by atoms with E-state index in [0.29, 0.717) is 23.7 Å². The second-order valence-electron chi connectivity index (χ2n) is 7.81. The highest BCUT2D eigenvalue weighted by Crippen LogP contribution is 2.65. The van der Waals surface area contributed by atoms with Crippen LogP contribution in [0.15, 0.2) is 97.2 Å². The largest absolute Gasteiger partial charge is 0.0740 e. The van der Waals surface area contributed by atoms with Crippen molar-refractivity contribution < 1.29 is 0 Å². The Balaban J connectivity index is 1.59. The standard InChI is InChI=1S/C24H28P/c1-2-10-21(9-1)17-25(18-22-11-3-4-12-22,19-23-13-5-6-14-23)20-24-15-7-8-16-24/h1-16,21-24H,17-20H2/q+1. The Bertz CT molecular complexity index is 537. The Labute approximate surface area is 153 Å². The Kier molecular flexibility index (Phi) is 5.18. The van der Waals surface area contributed by atoms with E-state index in [2.05, 4.69) is 97.2 Å². The minimum Gasteiger partial charge on any atom is -0.0740 e. The van der Waals surface area contributed by atoms with E-state index in [-0.39, 0.29) is 0 Å². The quantitative estimate of drug-likeness (QED) is 0.474. The lowest BCUT2D eigenvalue weighted by atomic mass is 10.2. The van der Waals surface area contributed by atoms with Crippen LogP contribution in [-0.4, -0.2) is 24.6 Å². The maximum atomic E-state index is 2.41. The van der Waals surface area contributed by atoms with Crippen molar-refractivity contribution in [3.8, 4) is 0 Å². The zero-order valence-electron chi connectivity index (χ0n) is 14.8. The lowest BCUT2D eigenvalue weighted by molar-refractivity contribution is 0.845. The van der Waals surface area contributed by atoms with Crippen LogP contribution < -0.4 is 0 Å². The van der Waals surface area contributed by atoms with Gasteiger partial charge in [-0.25, -0.2) is 0 Å². The maximum absolute atomic E-state index is 2.41. The van der Waals surface area contributed by atoms with Gasteiger partial charge in [-0.3, -0.25) is 0 Å². The summed E-state index contributed by atoms with van der Waals surface area (Å²) in [6.45, 7) is 0. The van der Waals surface area contributed by atoms with Gasteiger partial charge in [-0.05, 0) is 0 Å². The normalized spacial score (nSPS) is 22.7. The number of hydrogen-bond donors (Lipinski definition) is 0. The van der Waals surface area contributed by atoms with Gasteiger partial charge in [0.15, 0.2) is 0 Å². The summed E-state index contributed by atoms with van der Waals surface area (Å²) in [5.41, 5.74) is 0. The molecule has 0 aromatic heterocycles. The summed E-state index contributed by atoms with van der Waals surface area (Å²) in [5, 5.41) is 0. The first-order valence-corrected chi connectivity index (χ1v) is 12.1. The molecule has 1 heteroatoms. The van der Waals surface area contributed by atoms with E-state index in [1.54, 1.807) is 0 Å². The Morgan fingerprint density at radius 1 is 0.360 bits per heavy atom. The third-order valence-corrected chi connectivity index (χ3v) is 10.5. The van der Waals surface area contributed by atoms with Crippen molar-refractivity contribution >= 4 is 7.26 Å². The van der Waals surface area contributed by atoms with Crippen LogP contribution in [-0.2, 0) is 0 Å². The molecule has 0 saturated heterocycles. The molecule has 0 aromatic rings. The van der Waals surface area contributed by atoms with Gasteiger partial charge in [0.2, 0.25) is 0 Å². The summed E-state index contributed by atoms with van der Waals surface area (Å²) in [6, 6.07) is 0. The van der Waals surface area contributed by atoms with Gasteiger partial charge < -0.3 is 0 Å². The average Bonchev–Trinajstić information content (AvgIpc) is 3.37. The Morgan fingerprint density at radius 2 is 0.560 bits per heavy atom. The molecular weight excluding hydrogens is 319 g/mol. The first-order valence-electron chi connectivity index (χ1n) is 9.56.